The molecule has 2 aromatic rings. The first-order valence-electron chi connectivity index (χ1n) is 10.1. The van der Waals surface area contributed by atoms with Gasteiger partial charge in [-0.2, -0.15) is 5.11 Å². The Balaban J connectivity index is 1.88. The number of fused-ring (bicyclic) bond motifs is 4. The number of nitrogens with one attached hydrogen (secondary N) is 2. The summed E-state index contributed by atoms with van der Waals surface area (Å²) in [5.41, 5.74) is 18.5. The molecule has 0 amide bonds. The third kappa shape index (κ3) is 3.51. The topological polar surface area (TPSA) is 92.6 Å². The molecule has 7 heteroatoms. The number of terminal acetylenes is 1. The van der Waals surface area contributed by atoms with Crippen molar-refractivity contribution in [3.8, 4) is 12.3 Å². The largest absolute Gasteiger partial charge is 0.388 e. The molecule has 4 rings (SSSR count). The quantitative estimate of drug-likeness (QED) is 0.254. The highest BCUT2D eigenvalue weighted by molar-refractivity contribution is 9.10. The molecule has 30 heavy (non-hydrogen) atoms. The van der Waals surface area contributed by atoms with Crippen LogP contribution in [0.2, 0.25) is 0 Å². The van der Waals surface area contributed by atoms with Crippen LogP contribution in [-0.4, -0.2) is 36.9 Å². The number of piperidine rings is 1. The zero-order valence-corrected chi connectivity index (χ0v) is 18.4. The third-order valence-electron chi connectivity index (χ3n) is 6.31. The van der Waals surface area contributed by atoms with Crippen LogP contribution in [0.3, 0.4) is 0 Å². The minimum atomic E-state index is -0.160. The highest BCUT2D eigenvalue weighted by atomic mass is 79.9. The van der Waals surface area contributed by atoms with Gasteiger partial charge in [-0.1, -0.05) is 21.9 Å². The molecule has 0 saturated carbocycles. The van der Waals surface area contributed by atoms with Crippen molar-refractivity contribution >= 4 is 38.8 Å². The molecule has 2 aliphatic heterocycles. The van der Waals surface area contributed by atoms with Gasteiger partial charge in [-0.05, 0) is 60.4 Å². The van der Waals surface area contributed by atoms with E-state index < -0.39 is 0 Å². The predicted octanol–water partition coefficient (Wildman–Crippen LogP) is 4.90. The van der Waals surface area contributed by atoms with Crippen molar-refractivity contribution < 1.29 is 0 Å². The summed E-state index contributed by atoms with van der Waals surface area (Å²) in [6, 6.07) is 12.4. The van der Waals surface area contributed by atoms with Crippen LogP contribution < -0.4 is 10.6 Å². The molecular weight excluding hydrogens is 440 g/mol. The average Bonchev–Trinajstić information content (AvgIpc) is 2.75. The van der Waals surface area contributed by atoms with Crippen LogP contribution in [-0.2, 0) is 5.41 Å². The van der Waals surface area contributed by atoms with E-state index in [9.17, 15) is 0 Å². The van der Waals surface area contributed by atoms with E-state index in [-0.39, 0.29) is 11.3 Å². The third-order valence-corrected chi connectivity index (χ3v) is 6.80. The van der Waals surface area contributed by atoms with Gasteiger partial charge in [0.1, 0.15) is 0 Å². The van der Waals surface area contributed by atoms with Gasteiger partial charge < -0.3 is 10.6 Å². The van der Waals surface area contributed by atoms with Gasteiger partial charge in [-0.3, -0.25) is 10.3 Å². The number of hydrogen-bond donors (Lipinski definition) is 3. The molecule has 0 unspecified atom stereocenters. The molecule has 0 aromatic heterocycles. The zero-order valence-electron chi connectivity index (χ0n) is 16.8. The van der Waals surface area contributed by atoms with Crippen LogP contribution in [0.25, 0.3) is 0 Å². The second-order valence-corrected chi connectivity index (χ2v) is 8.88. The SMILES string of the molecule is C#CCN1CCC2(CC1)c1cc(Br)ccc1N(CCC(=N)N)c1ccc(N=N)cc12. The highest BCUT2D eigenvalue weighted by Gasteiger charge is 2.45. The summed E-state index contributed by atoms with van der Waals surface area (Å²) >= 11 is 3.67. The standard InChI is InChI=1S/C23H25BrN6/c1-2-10-29-12-8-23(9-13-29)18-14-16(24)3-5-20(18)30(11-7-22(25)26)21-6-4-17(28-27)15-19(21)23/h1,3-6,14-15,27H,7-13H2,(H3,25,26). The smallest absolute Gasteiger partial charge is 0.0923 e. The number of rotatable bonds is 5. The van der Waals surface area contributed by atoms with Crippen LogP contribution >= 0.6 is 15.9 Å². The number of halogens is 1. The summed E-state index contributed by atoms with van der Waals surface area (Å²) in [4.78, 5) is 4.58. The molecule has 1 saturated heterocycles. The summed E-state index contributed by atoms with van der Waals surface area (Å²) in [6.45, 7) is 3.14. The van der Waals surface area contributed by atoms with E-state index in [1.54, 1.807) is 0 Å². The Morgan fingerprint density at radius 2 is 1.83 bits per heavy atom. The summed E-state index contributed by atoms with van der Waals surface area (Å²) in [5.74, 6) is 2.94. The molecular formula is C23H25BrN6. The molecule has 0 bridgehead atoms. The van der Waals surface area contributed by atoms with E-state index in [1.165, 1.54) is 11.1 Å². The number of likely N-dealkylation sites (tertiary alicyclic amines) is 1. The van der Waals surface area contributed by atoms with Gasteiger partial charge in [0.05, 0.1) is 18.1 Å². The summed E-state index contributed by atoms with van der Waals surface area (Å²) < 4.78 is 1.04. The van der Waals surface area contributed by atoms with Crippen molar-refractivity contribution in [1.29, 1.82) is 10.9 Å². The summed E-state index contributed by atoms with van der Waals surface area (Å²) in [5, 5.41) is 11.4. The fourth-order valence-corrected chi connectivity index (χ4v) is 5.21. The molecule has 6 nitrogen and oxygen atoms in total. The zero-order chi connectivity index (χ0) is 21.3. The summed E-state index contributed by atoms with van der Waals surface area (Å²) in [6.07, 6.45) is 7.94. The van der Waals surface area contributed by atoms with Crippen LogP contribution in [0.5, 0.6) is 0 Å². The van der Waals surface area contributed by atoms with Gasteiger partial charge in [0.25, 0.3) is 0 Å². The first-order chi connectivity index (χ1) is 14.5. The predicted molar refractivity (Wildman–Crippen MR) is 124 cm³/mol. The Kier molecular flexibility index (Phi) is 5.63. The Morgan fingerprint density at radius 1 is 1.17 bits per heavy atom. The van der Waals surface area contributed by atoms with E-state index in [0.29, 0.717) is 25.2 Å². The van der Waals surface area contributed by atoms with Gasteiger partial charge in [0, 0.05) is 47.3 Å². The van der Waals surface area contributed by atoms with Crippen LogP contribution in [0, 0.1) is 23.3 Å². The Bertz CT molecular complexity index is 1030. The Morgan fingerprint density at radius 3 is 2.47 bits per heavy atom. The molecule has 4 N–H and O–H groups in total. The number of benzene rings is 2. The second-order valence-electron chi connectivity index (χ2n) is 7.96. The fourth-order valence-electron chi connectivity index (χ4n) is 4.85. The maximum atomic E-state index is 7.71. The lowest BCUT2D eigenvalue weighted by molar-refractivity contribution is 0.197. The van der Waals surface area contributed by atoms with Crippen LogP contribution in [0.4, 0.5) is 17.1 Å². The van der Waals surface area contributed by atoms with Crippen LogP contribution in [0.1, 0.15) is 30.4 Å². The Labute approximate surface area is 185 Å². The lowest BCUT2D eigenvalue weighted by atomic mass is 9.65. The molecule has 1 spiro atoms. The van der Waals surface area contributed by atoms with Crippen molar-refractivity contribution in [3.63, 3.8) is 0 Å². The number of nitrogens with zero attached hydrogens (tertiary/aromatic N) is 3. The highest BCUT2D eigenvalue weighted by Crippen LogP contribution is 2.55. The maximum Gasteiger partial charge on any atom is 0.0923 e. The van der Waals surface area contributed by atoms with E-state index in [2.05, 4.69) is 67.1 Å². The average molecular weight is 465 g/mol. The molecule has 0 aliphatic carbocycles. The molecule has 154 valence electrons. The van der Waals surface area contributed by atoms with E-state index in [4.69, 9.17) is 23.1 Å². The van der Waals surface area contributed by atoms with Gasteiger partial charge in [-0.25, -0.2) is 5.53 Å². The van der Waals surface area contributed by atoms with Crippen molar-refractivity contribution in [2.75, 3.05) is 31.1 Å². The second kappa shape index (κ2) is 8.21. The number of nitrogens with two attached hydrogens (primary N) is 1. The normalized spacial score (nSPS) is 17.1. The molecule has 0 atom stereocenters. The van der Waals surface area contributed by atoms with Gasteiger partial charge >= 0.3 is 0 Å². The molecule has 2 aliphatic rings. The minimum Gasteiger partial charge on any atom is -0.388 e. The first-order valence-corrected chi connectivity index (χ1v) is 10.9. The van der Waals surface area contributed by atoms with E-state index >= 15 is 0 Å². The van der Waals surface area contributed by atoms with E-state index in [1.807, 2.05) is 6.07 Å². The van der Waals surface area contributed by atoms with Gasteiger partial charge in [0.15, 0.2) is 0 Å². The Hall–Kier alpha value is -2.69. The summed E-state index contributed by atoms with van der Waals surface area (Å²) in [7, 11) is 0. The van der Waals surface area contributed by atoms with E-state index in [0.717, 1.165) is 41.8 Å². The number of hydrogen-bond acceptors (Lipinski definition) is 5. The molecule has 2 aromatic carbocycles. The fraction of sp³-hybridized carbons (Fsp3) is 0.348. The maximum absolute atomic E-state index is 7.71. The van der Waals surface area contributed by atoms with Gasteiger partial charge in [-0.15, -0.1) is 6.42 Å². The first kappa shape index (κ1) is 20.6. The van der Waals surface area contributed by atoms with Crippen molar-refractivity contribution in [3.05, 3.63) is 52.0 Å². The number of amidine groups is 1. The van der Waals surface area contributed by atoms with Gasteiger partial charge in [0.2, 0.25) is 0 Å². The lowest BCUT2D eigenvalue weighted by Crippen LogP contribution is -2.46. The monoisotopic (exact) mass is 464 g/mol. The number of anilines is 2. The van der Waals surface area contributed by atoms with Crippen LogP contribution in [0.15, 0.2) is 46.0 Å². The van der Waals surface area contributed by atoms with Crippen molar-refractivity contribution in [2.24, 2.45) is 10.8 Å². The lowest BCUT2D eigenvalue weighted by Gasteiger charge is -2.49. The van der Waals surface area contributed by atoms with Crippen molar-refractivity contribution in [2.45, 2.75) is 24.7 Å². The molecule has 0 radical (unpaired) electrons. The molecule has 1 fully saturated rings. The van der Waals surface area contributed by atoms with Crippen molar-refractivity contribution in [1.82, 2.24) is 4.90 Å². The minimum absolute atomic E-state index is 0.160. The molecule has 2 heterocycles.